The number of hydrogen-bond donors (Lipinski definition) is 3. The average Bonchev–Trinajstić information content (AvgIpc) is 2.15. The van der Waals surface area contributed by atoms with Crippen LogP contribution in [-0.2, 0) is 0 Å². The van der Waals surface area contributed by atoms with E-state index in [-0.39, 0.29) is 5.41 Å². The molecule has 1 heterocycles. The lowest BCUT2D eigenvalue weighted by atomic mass is 9.61. The lowest BCUT2D eigenvalue weighted by Gasteiger charge is -2.54. The number of aliphatic hydroxyl groups is 1. The molecule has 0 atom stereocenters. The van der Waals surface area contributed by atoms with Crippen molar-refractivity contribution in [3.8, 4) is 0 Å². The molecule has 0 radical (unpaired) electrons. The minimum atomic E-state index is -0.498. The molecule has 1 saturated carbocycles. The zero-order valence-corrected chi connectivity index (χ0v) is 8.18. The summed E-state index contributed by atoms with van der Waals surface area (Å²) in [6, 6.07) is 0. The fourth-order valence-corrected chi connectivity index (χ4v) is 2.82. The molecule has 13 heavy (non-hydrogen) atoms. The van der Waals surface area contributed by atoms with E-state index in [4.69, 9.17) is 5.73 Å². The van der Waals surface area contributed by atoms with E-state index in [2.05, 4.69) is 5.32 Å². The summed E-state index contributed by atoms with van der Waals surface area (Å²) in [7, 11) is 0. The molecule has 2 aliphatic rings. The molecule has 76 valence electrons. The summed E-state index contributed by atoms with van der Waals surface area (Å²) < 4.78 is 0. The SMILES string of the molecule is NCC1(C2(O)CNC2)CCCCC1. The molecule has 3 nitrogen and oxygen atoms in total. The highest BCUT2D eigenvalue weighted by Gasteiger charge is 2.52. The molecule has 0 aromatic rings. The molecule has 0 amide bonds. The van der Waals surface area contributed by atoms with Gasteiger partial charge >= 0.3 is 0 Å². The summed E-state index contributed by atoms with van der Waals surface area (Å²) in [6.07, 6.45) is 6.01. The Morgan fingerprint density at radius 3 is 2.15 bits per heavy atom. The maximum atomic E-state index is 10.3. The van der Waals surface area contributed by atoms with Gasteiger partial charge in [0.15, 0.2) is 0 Å². The highest BCUT2D eigenvalue weighted by molar-refractivity contribution is 5.08. The third-order valence-electron chi connectivity index (χ3n) is 4.02. The van der Waals surface area contributed by atoms with Crippen molar-refractivity contribution in [1.82, 2.24) is 5.32 Å². The molecular weight excluding hydrogens is 164 g/mol. The minimum Gasteiger partial charge on any atom is -0.387 e. The van der Waals surface area contributed by atoms with Gasteiger partial charge in [-0.05, 0) is 12.8 Å². The van der Waals surface area contributed by atoms with Gasteiger partial charge in [-0.25, -0.2) is 0 Å². The largest absolute Gasteiger partial charge is 0.387 e. The van der Waals surface area contributed by atoms with Crippen LogP contribution >= 0.6 is 0 Å². The van der Waals surface area contributed by atoms with Crippen molar-refractivity contribution >= 4 is 0 Å². The topological polar surface area (TPSA) is 58.3 Å². The van der Waals surface area contributed by atoms with Crippen LogP contribution < -0.4 is 11.1 Å². The van der Waals surface area contributed by atoms with Gasteiger partial charge in [-0.15, -0.1) is 0 Å². The van der Waals surface area contributed by atoms with Gasteiger partial charge in [0, 0.05) is 25.0 Å². The van der Waals surface area contributed by atoms with Crippen LogP contribution in [0, 0.1) is 5.41 Å². The second-order valence-electron chi connectivity index (χ2n) is 4.68. The Morgan fingerprint density at radius 1 is 1.15 bits per heavy atom. The summed E-state index contributed by atoms with van der Waals surface area (Å²) in [4.78, 5) is 0. The van der Waals surface area contributed by atoms with E-state index >= 15 is 0 Å². The summed E-state index contributed by atoms with van der Waals surface area (Å²) in [5.41, 5.74) is 5.37. The third kappa shape index (κ3) is 1.30. The fraction of sp³-hybridized carbons (Fsp3) is 1.00. The first kappa shape index (κ1) is 9.44. The lowest BCUT2D eigenvalue weighted by Crippen LogP contribution is -2.70. The molecule has 0 aromatic carbocycles. The van der Waals surface area contributed by atoms with Crippen LogP contribution in [0.3, 0.4) is 0 Å². The van der Waals surface area contributed by atoms with E-state index in [1.165, 1.54) is 19.3 Å². The monoisotopic (exact) mass is 184 g/mol. The number of hydrogen-bond acceptors (Lipinski definition) is 3. The number of β-amino-alcohol motifs (C(OH)–C–C–N with tert-alkyl or cyclic N) is 1. The number of nitrogens with two attached hydrogens (primary N) is 1. The highest BCUT2D eigenvalue weighted by Crippen LogP contribution is 2.45. The van der Waals surface area contributed by atoms with E-state index in [0.717, 1.165) is 25.9 Å². The molecule has 1 aliphatic heterocycles. The number of rotatable bonds is 2. The van der Waals surface area contributed by atoms with E-state index in [0.29, 0.717) is 6.54 Å². The Labute approximate surface area is 79.7 Å². The molecule has 0 spiro atoms. The van der Waals surface area contributed by atoms with Crippen molar-refractivity contribution in [2.24, 2.45) is 11.1 Å². The molecular formula is C10H20N2O. The van der Waals surface area contributed by atoms with E-state index in [1.54, 1.807) is 0 Å². The van der Waals surface area contributed by atoms with Crippen molar-refractivity contribution in [3.63, 3.8) is 0 Å². The normalized spacial score (nSPS) is 30.9. The van der Waals surface area contributed by atoms with Crippen LogP contribution in [-0.4, -0.2) is 30.3 Å². The van der Waals surface area contributed by atoms with Gasteiger partial charge in [-0.2, -0.15) is 0 Å². The van der Waals surface area contributed by atoms with Gasteiger partial charge in [-0.1, -0.05) is 19.3 Å². The molecule has 0 bridgehead atoms. The summed E-state index contributed by atoms with van der Waals surface area (Å²) >= 11 is 0. The molecule has 0 aromatic heterocycles. The summed E-state index contributed by atoms with van der Waals surface area (Å²) in [5, 5.41) is 13.5. The van der Waals surface area contributed by atoms with Crippen molar-refractivity contribution in [2.45, 2.75) is 37.7 Å². The molecule has 1 aliphatic carbocycles. The molecule has 2 rings (SSSR count). The summed E-state index contributed by atoms with van der Waals surface area (Å²) in [5.74, 6) is 0. The van der Waals surface area contributed by atoms with E-state index in [9.17, 15) is 5.11 Å². The molecule has 4 N–H and O–H groups in total. The van der Waals surface area contributed by atoms with Gasteiger partial charge in [0.1, 0.15) is 0 Å². The molecule has 1 saturated heterocycles. The molecule has 0 unspecified atom stereocenters. The third-order valence-corrected chi connectivity index (χ3v) is 4.02. The van der Waals surface area contributed by atoms with Crippen LogP contribution in [0.1, 0.15) is 32.1 Å². The van der Waals surface area contributed by atoms with Crippen LogP contribution in [0.25, 0.3) is 0 Å². The van der Waals surface area contributed by atoms with Crippen molar-refractivity contribution in [2.75, 3.05) is 19.6 Å². The Bertz CT molecular complexity index is 183. The number of nitrogens with one attached hydrogen (secondary N) is 1. The van der Waals surface area contributed by atoms with Gasteiger partial charge in [0.2, 0.25) is 0 Å². The smallest absolute Gasteiger partial charge is 0.0962 e. The first-order chi connectivity index (χ1) is 6.22. The fourth-order valence-electron chi connectivity index (χ4n) is 2.82. The van der Waals surface area contributed by atoms with Crippen molar-refractivity contribution in [3.05, 3.63) is 0 Å². The van der Waals surface area contributed by atoms with Crippen LogP contribution in [0.5, 0.6) is 0 Å². The standard InChI is InChI=1S/C10H20N2O/c11-6-9(4-2-1-3-5-9)10(13)7-12-8-10/h12-13H,1-8,11H2. The van der Waals surface area contributed by atoms with E-state index in [1.807, 2.05) is 0 Å². The van der Waals surface area contributed by atoms with Crippen LogP contribution in [0.2, 0.25) is 0 Å². The maximum Gasteiger partial charge on any atom is 0.0962 e. The van der Waals surface area contributed by atoms with Gasteiger partial charge in [0.25, 0.3) is 0 Å². The van der Waals surface area contributed by atoms with E-state index < -0.39 is 5.60 Å². The van der Waals surface area contributed by atoms with Crippen molar-refractivity contribution < 1.29 is 5.11 Å². The highest BCUT2D eigenvalue weighted by atomic mass is 16.3. The quantitative estimate of drug-likeness (QED) is 0.576. The zero-order chi connectivity index (χ0) is 9.36. The Morgan fingerprint density at radius 2 is 1.77 bits per heavy atom. The Balaban J connectivity index is 2.12. The predicted molar refractivity (Wildman–Crippen MR) is 52.4 cm³/mol. The Kier molecular flexibility index (Phi) is 2.34. The van der Waals surface area contributed by atoms with Crippen molar-refractivity contribution in [1.29, 1.82) is 0 Å². The Hall–Kier alpha value is -0.120. The second kappa shape index (κ2) is 3.23. The first-order valence-corrected chi connectivity index (χ1v) is 5.36. The molecule has 3 heteroatoms. The van der Waals surface area contributed by atoms with Gasteiger partial charge in [0.05, 0.1) is 5.60 Å². The second-order valence-corrected chi connectivity index (χ2v) is 4.68. The maximum absolute atomic E-state index is 10.3. The lowest BCUT2D eigenvalue weighted by molar-refractivity contribution is -0.131. The predicted octanol–water partition coefficient (Wildman–Crippen LogP) is 0.230. The van der Waals surface area contributed by atoms with Crippen LogP contribution in [0.4, 0.5) is 0 Å². The minimum absolute atomic E-state index is 0.0243. The summed E-state index contributed by atoms with van der Waals surface area (Å²) in [6.45, 7) is 2.12. The first-order valence-electron chi connectivity index (χ1n) is 5.36. The average molecular weight is 184 g/mol. The van der Waals surface area contributed by atoms with Gasteiger partial charge in [-0.3, -0.25) is 0 Å². The zero-order valence-electron chi connectivity index (χ0n) is 8.18. The molecule has 2 fully saturated rings. The van der Waals surface area contributed by atoms with Crippen LogP contribution in [0.15, 0.2) is 0 Å². The van der Waals surface area contributed by atoms with Gasteiger partial charge < -0.3 is 16.2 Å².